The third-order valence-electron chi connectivity index (χ3n) is 5.09. The second kappa shape index (κ2) is 9.09. The molecule has 4 rings (SSSR count). The average Bonchev–Trinajstić information content (AvgIpc) is 3.32. The first-order valence-corrected chi connectivity index (χ1v) is 11.8. The molecular weight excluding hydrogens is 434 g/mol. The van der Waals surface area contributed by atoms with Crippen molar-refractivity contribution in [3.8, 4) is 0 Å². The van der Waals surface area contributed by atoms with Gasteiger partial charge in [0.1, 0.15) is 0 Å². The topological polar surface area (TPSA) is 78.5 Å². The largest absolute Gasteiger partial charge is 0.356 e. The molecule has 1 heterocycles. The van der Waals surface area contributed by atoms with E-state index in [0.717, 1.165) is 24.2 Å². The molecule has 0 aliphatic carbocycles. The lowest BCUT2D eigenvalue weighted by Crippen LogP contribution is -2.28. The maximum atomic E-state index is 12.8. The molecule has 1 aliphatic rings. The lowest BCUT2D eigenvalue weighted by molar-refractivity contribution is 0.102. The third kappa shape index (κ3) is 4.90. The molecule has 2 N–H and O–H groups in total. The molecule has 160 valence electrons. The summed E-state index contributed by atoms with van der Waals surface area (Å²) in [6, 6.07) is 21.2. The maximum absolute atomic E-state index is 12.8. The van der Waals surface area contributed by atoms with Crippen molar-refractivity contribution < 1.29 is 13.2 Å². The summed E-state index contributed by atoms with van der Waals surface area (Å²) in [7, 11) is -3.63. The molecule has 6 nitrogen and oxygen atoms in total. The highest BCUT2D eigenvalue weighted by Crippen LogP contribution is 2.26. The Morgan fingerprint density at radius 2 is 1.45 bits per heavy atom. The van der Waals surface area contributed by atoms with Gasteiger partial charge in [-0.2, -0.15) is 4.31 Å². The molecule has 3 aromatic carbocycles. The van der Waals surface area contributed by atoms with E-state index in [4.69, 9.17) is 11.6 Å². The summed E-state index contributed by atoms with van der Waals surface area (Å²) in [4.78, 5) is 12.9. The number of benzene rings is 3. The van der Waals surface area contributed by atoms with Gasteiger partial charge < -0.3 is 10.6 Å². The van der Waals surface area contributed by atoms with Gasteiger partial charge in [0.25, 0.3) is 5.91 Å². The lowest BCUT2D eigenvalue weighted by Gasteiger charge is -2.16. The Hall–Kier alpha value is -2.87. The second-order valence-electron chi connectivity index (χ2n) is 7.28. The fourth-order valence-electron chi connectivity index (χ4n) is 3.44. The Labute approximate surface area is 186 Å². The zero-order valence-corrected chi connectivity index (χ0v) is 18.3. The van der Waals surface area contributed by atoms with Crippen LogP contribution in [0.1, 0.15) is 23.2 Å². The van der Waals surface area contributed by atoms with Crippen molar-refractivity contribution in [1.82, 2.24) is 4.31 Å². The van der Waals surface area contributed by atoms with Crippen molar-refractivity contribution in [2.24, 2.45) is 0 Å². The predicted molar refractivity (Wildman–Crippen MR) is 124 cm³/mol. The summed E-state index contributed by atoms with van der Waals surface area (Å²) in [5, 5.41) is 6.24. The molecule has 1 amide bonds. The summed E-state index contributed by atoms with van der Waals surface area (Å²) in [5.41, 5.74) is 2.53. The second-order valence-corrected chi connectivity index (χ2v) is 9.62. The SMILES string of the molecule is O=C(Nc1ccc(Nc2ccccc2)cc1)c1cc(S(=O)(=O)N2CCCC2)ccc1Cl. The molecule has 0 spiro atoms. The van der Waals surface area contributed by atoms with Gasteiger partial charge in [-0.3, -0.25) is 4.79 Å². The van der Waals surface area contributed by atoms with E-state index in [2.05, 4.69) is 10.6 Å². The van der Waals surface area contributed by atoms with Gasteiger partial charge in [-0.15, -0.1) is 0 Å². The van der Waals surface area contributed by atoms with Gasteiger partial charge in [-0.05, 0) is 67.4 Å². The van der Waals surface area contributed by atoms with Gasteiger partial charge in [0, 0.05) is 30.2 Å². The van der Waals surface area contributed by atoms with Crippen LogP contribution in [0.25, 0.3) is 0 Å². The van der Waals surface area contributed by atoms with Crippen LogP contribution in [-0.2, 0) is 10.0 Å². The normalized spacial score (nSPS) is 14.4. The summed E-state index contributed by atoms with van der Waals surface area (Å²) < 4.78 is 27.1. The number of nitrogens with one attached hydrogen (secondary N) is 2. The van der Waals surface area contributed by atoms with E-state index in [0.29, 0.717) is 18.8 Å². The molecule has 0 aromatic heterocycles. The van der Waals surface area contributed by atoms with Crippen molar-refractivity contribution in [1.29, 1.82) is 0 Å². The molecule has 0 radical (unpaired) electrons. The molecule has 0 atom stereocenters. The molecular formula is C23H22ClN3O3S. The van der Waals surface area contributed by atoms with E-state index in [1.807, 2.05) is 42.5 Å². The summed E-state index contributed by atoms with van der Waals surface area (Å²) >= 11 is 6.20. The number of anilines is 3. The van der Waals surface area contributed by atoms with Crippen LogP contribution >= 0.6 is 11.6 Å². The molecule has 0 bridgehead atoms. The van der Waals surface area contributed by atoms with Crippen LogP contribution < -0.4 is 10.6 Å². The maximum Gasteiger partial charge on any atom is 0.257 e. The number of carbonyl (C=O) groups excluding carboxylic acids is 1. The number of nitrogens with zero attached hydrogens (tertiary/aromatic N) is 1. The first-order chi connectivity index (χ1) is 14.9. The summed E-state index contributed by atoms with van der Waals surface area (Å²) in [6.07, 6.45) is 1.69. The Morgan fingerprint density at radius 1 is 0.839 bits per heavy atom. The van der Waals surface area contributed by atoms with Crippen molar-refractivity contribution >= 4 is 44.6 Å². The smallest absolute Gasteiger partial charge is 0.257 e. The van der Waals surface area contributed by atoms with Gasteiger partial charge in [-0.25, -0.2) is 8.42 Å². The van der Waals surface area contributed by atoms with E-state index < -0.39 is 15.9 Å². The highest BCUT2D eigenvalue weighted by Gasteiger charge is 2.28. The summed E-state index contributed by atoms with van der Waals surface area (Å²) in [6.45, 7) is 0.992. The molecule has 8 heteroatoms. The van der Waals surface area contributed by atoms with E-state index in [1.165, 1.54) is 22.5 Å². The van der Waals surface area contributed by atoms with Gasteiger partial charge in [0.2, 0.25) is 10.0 Å². The van der Waals surface area contributed by atoms with Crippen LogP contribution in [0.15, 0.2) is 77.7 Å². The zero-order chi connectivity index (χ0) is 21.8. The highest BCUT2D eigenvalue weighted by atomic mass is 35.5. The van der Waals surface area contributed by atoms with Gasteiger partial charge in [0.15, 0.2) is 0 Å². The molecule has 1 fully saturated rings. The van der Waals surface area contributed by atoms with Crippen molar-refractivity contribution in [2.75, 3.05) is 23.7 Å². The van der Waals surface area contributed by atoms with Crippen LogP contribution in [0.2, 0.25) is 5.02 Å². The van der Waals surface area contributed by atoms with E-state index in [-0.39, 0.29) is 15.5 Å². The van der Waals surface area contributed by atoms with Gasteiger partial charge in [0.05, 0.1) is 15.5 Å². The minimum atomic E-state index is -3.63. The number of carbonyl (C=O) groups is 1. The number of amides is 1. The average molecular weight is 456 g/mol. The number of hydrogen-bond acceptors (Lipinski definition) is 4. The molecule has 3 aromatic rings. The van der Waals surface area contributed by atoms with Crippen molar-refractivity contribution in [3.63, 3.8) is 0 Å². The quantitative estimate of drug-likeness (QED) is 0.540. The first-order valence-electron chi connectivity index (χ1n) is 9.97. The fourth-order valence-corrected chi connectivity index (χ4v) is 5.19. The number of halogens is 1. The summed E-state index contributed by atoms with van der Waals surface area (Å²) in [5.74, 6) is -0.466. The van der Waals surface area contributed by atoms with Crippen LogP contribution in [0.4, 0.5) is 17.1 Å². The van der Waals surface area contributed by atoms with E-state index in [9.17, 15) is 13.2 Å². The van der Waals surface area contributed by atoms with Gasteiger partial charge in [-0.1, -0.05) is 29.8 Å². The van der Waals surface area contributed by atoms with Crippen LogP contribution in [-0.4, -0.2) is 31.7 Å². The van der Waals surface area contributed by atoms with Crippen LogP contribution in [0, 0.1) is 0 Å². The Balaban J connectivity index is 1.49. The number of rotatable bonds is 6. The molecule has 0 saturated carbocycles. The molecule has 1 aliphatic heterocycles. The number of para-hydroxylation sites is 1. The molecule has 0 unspecified atom stereocenters. The number of sulfonamides is 1. The zero-order valence-electron chi connectivity index (χ0n) is 16.7. The van der Waals surface area contributed by atoms with Crippen molar-refractivity contribution in [3.05, 3.63) is 83.4 Å². The highest BCUT2D eigenvalue weighted by molar-refractivity contribution is 7.89. The Kier molecular flexibility index (Phi) is 6.27. The minimum Gasteiger partial charge on any atom is -0.356 e. The molecule has 31 heavy (non-hydrogen) atoms. The molecule has 1 saturated heterocycles. The lowest BCUT2D eigenvalue weighted by atomic mass is 10.2. The van der Waals surface area contributed by atoms with Crippen molar-refractivity contribution in [2.45, 2.75) is 17.7 Å². The first kappa shape index (κ1) is 21.4. The fraction of sp³-hybridized carbons (Fsp3) is 0.174. The van der Waals surface area contributed by atoms with Crippen LogP contribution in [0.5, 0.6) is 0 Å². The Bertz CT molecular complexity index is 1180. The predicted octanol–water partition coefficient (Wildman–Crippen LogP) is 5.12. The minimum absolute atomic E-state index is 0.0753. The van der Waals surface area contributed by atoms with E-state index in [1.54, 1.807) is 12.1 Å². The van der Waals surface area contributed by atoms with E-state index >= 15 is 0 Å². The van der Waals surface area contributed by atoms with Crippen LogP contribution in [0.3, 0.4) is 0 Å². The Morgan fingerprint density at radius 3 is 2.13 bits per heavy atom. The number of hydrogen-bond donors (Lipinski definition) is 2. The third-order valence-corrected chi connectivity index (χ3v) is 7.31. The standard InChI is InChI=1S/C23H22ClN3O3S/c24-22-13-12-20(31(29,30)27-14-4-5-15-27)16-21(22)23(28)26-19-10-8-18(9-11-19)25-17-6-2-1-3-7-17/h1-3,6-13,16,25H,4-5,14-15H2,(H,26,28). The monoisotopic (exact) mass is 455 g/mol. The van der Waals surface area contributed by atoms with Gasteiger partial charge >= 0.3 is 0 Å².